The Morgan fingerprint density at radius 3 is 2.84 bits per heavy atom. The summed E-state index contributed by atoms with van der Waals surface area (Å²) < 4.78 is 22.5. The van der Waals surface area contributed by atoms with Gasteiger partial charge in [-0.15, -0.1) is 0 Å². The van der Waals surface area contributed by atoms with E-state index >= 15 is 0 Å². The number of aromatic nitrogens is 1. The lowest BCUT2D eigenvalue weighted by Gasteiger charge is -2.38. The molecule has 1 spiro atoms. The summed E-state index contributed by atoms with van der Waals surface area (Å²) in [6, 6.07) is 0. The molecule has 1 aromatic heterocycles. The van der Waals surface area contributed by atoms with Gasteiger partial charge in [0.1, 0.15) is 6.26 Å². The van der Waals surface area contributed by atoms with Crippen LogP contribution in [0.2, 0.25) is 0 Å². The molecule has 3 fully saturated rings. The molecule has 0 radical (unpaired) electrons. The predicted molar refractivity (Wildman–Crippen MR) is 88.2 cm³/mol. The smallest absolute Gasteiger partial charge is 0.275 e. The Morgan fingerprint density at radius 2 is 2.12 bits per heavy atom. The van der Waals surface area contributed by atoms with E-state index in [-0.39, 0.29) is 17.6 Å². The van der Waals surface area contributed by atoms with Gasteiger partial charge in [-0.25, -0.2) is 4.98 Å². The first-order chi connectivity index (χ1) is 12.2. The van der Waals surface area contributed by atoms with E-state index < -0.39 is 0 Å². The number of hydrogen-bond acceptors (Lipinski definition) is 6. The van der Waals surface area contributed by atoms with E-state index in [4.69, 9.17) is 18.6 Å². The monoisotopic (exact) mass is 350 g/mol. The first-order valence-electron chi connectivity index (χ1n) is 9.25. The van der Waals surface area contributed by atoms with Gasteiger partial charge in [-0.3, -0.25) is 4.79 Å². The second kappa shape index (κ2) is 7.43. The van der Waals surface area contributed by atoms with Gasteiger partial charge in [0.2, 0.25) is 0 Å². The van der Waals surface area contributed by atoms with Crippen molar-refractivity contribution >= 4 is 5.91 Å². The maximum Gasteiger partial charge on any atom is 0.275 e. The number of ether oxygens (including phenoxy) is 3. The Morgan fingerprint density at radius 1 is 1.32 bits per heavy atom. The molecule has 3 aliphatic heterocycles. The Bertz CT molecular complexity index is 562. The number of carbonyl (C=O) groups excluding carboxylic acids is 1. The number of likely N-dealkylation sites (tertiary alicyclic amines) is 1. The second-order valence-electron chi connectivity index (χ2n) is 7.38. The minimum Gasteiger partial charge on any atom is -0.451 e. The highest BCUT2D eigenvalue weighted by Gasteiger charge is 2.44. The second-order valence-corrected chi connectivity index (χ2v) is 7.38. The van der Waals surface area contributed by atoms with E-state index in [1.807, 2.05) is 4.90 Å². The van der Waals surface area contributed by atoms with E-state index in [9.17, 15) is 4.79 Å². The molecule has 138 valence electrons. The molecule has 0 aromatic carbocycles. The van der Waals surface area contributed by atoms with Crippen molar-refractivity contribution in [3.05, 3.63) is 18.4 Å². The zero-order valence-electron chi connectivity index (χ0n) is 14.5. The Kier molecular flexibility index (Phi) is 5.05. The maximum absolute atomic E-state index is 12.3. The average Bonchev–Trinajstić information content (AvgIpc) is 3.32. The normalized spacial score (nSPS) is 27.0. The molecule has 7 heteroatoms. The fraction of sp³-hybridized carbons (Fsp3) is 0.778. The van der Waals surface area contributed by atoms with Crippen LogP contribution >= 0.6 is 0 Å². The molecule has 0 saturated carbocycles. The number of amides is 1. The van der Waals surface area contributed by atoms with Crippen LogP contribution in [0.4, 0.5) is 0 Å². The van der Waals surface area contributed by atoms with Crippen molar-refractivity contribution in [2.24, 2.45) is 5.92 Å². The molecule has 25 heavy (non-hydrogen) atoms. The summed E-state index contributed by atoms with van der Waals surface area (Å²) in [7, 11) is 0. The standard InChI is InChI=1S/C18H26N2O5/c21-17(16-12-23-13-19-16)20-5-3-18(4-6-20)9-15(11-25-18)24-10-14-1-7-22-8-2-14/h12-15H,1-11H2/t15-/m1/s1. The molecule has 1 aromatic rings. The van der Waals surface area contributed by atoms with Gasteiger partial charge in [-0.2, -0.15) is 0 Å². The van der Waals surface area contributed by atoms with E-state index in [2.05, 4.69) is 4.98 Å². The van der Waals surface area contributed by atoms with Crippen LogP contribution in [0.3, 0.4) is 0 Å². The van der Waals surface area contributed by atoms with Crippen molar-refractivity contribution < 1.29 is 23.4 Å². The number of piperidine rings is 1. The third-order valence-corrected chi connectivity index (χ3v) is 5.70. The van der Waals surface area contributed by atoms with Crippen LogP contribution in [0.1, 0.15) is 42.6 Å². The summed E-state index contributed by atoms with van der Waals surface area (Å²) in [6.07, 6.45) is 7.71. The number of rotatable bonds is 4. The fourth-order valence-corrected chi connectivity index (χ4v) is 4.04. The summed E-state index contributed by atoms with van der Waals surface area (Å²) >= 11 is 0. The predicted octanol–water partition coefficient (Wildman–Crippen LogP) is 1.88. The Hall–Kier alpha value is -1.44. The summed E-state index contributed by atoms with van der Waals surface area (Å²) in [4.78, 5) is 18.1. The molecule has 1 atom stereocenters. The highest BCUT2D eigenvalue weighted by atomic mass is 16.6. The minimum atomic E-state index is -0.124. The molecular formula is C18H26N2O5. The molecule has 0 unspecified atom stereocenters. The molecule has 3 aliphatic rings. The molecule has 4 heterocycles. The summed E-state index contributed by atoms with van der Waals surface area (Å²) in [5.74, 6) is 0.557. The van der Waals surface area contributed by atoms with Gasteiger partial charge in [0, 0.05) is 32.7 Å². The molecule has 7 nitrogen and oxygen atoms in total. The maximum atomic E-state index is 12.3. The van der Waals surface area contributed by atoms with Crippen molar-refractivity contribution in [3.63, 3.8) is 0 Å². The van der Waals surface area contributed by atoms with Crippen molar-refractivity contribution in [1.29, 1.82) is 0 Å². The van der Waals surface area contributed by atoms with Gasteiger partial charge in [0.25, 0.3) is 5.91 Å². The zero-order chi connectivity index (χ0) is 17.1. The number of carbonyl (C=O) groups is 1. The van der Waals surface area contributed by atoms with Crippen molar-refractivity contribution in [2.45, 2.75) is 43.8 Å². The molecule has 4 rings (SSSR count). The van der Waals surface area contributed by atoms with Crippen LogP contribution in [-0.2, 0) is 14.2 Å². The van der Waals surface area contributed by atoms with Gasteiger partial charge >= 0.3 is 0 Å². The summed E-state index contributed by atoms with van der Waals surface area (Å²) in [5, 5.41) is 0. The highest BCUT2D eigenvalue weighted by Crippen LogP contribution is 2.37. The quantitative estimate of drug-likeness (QED) is 0.825. The summed E-state index contributed by atoms with van der Waals surface area (Å²) in [5.41, 5.74) is 0.252. The van der Waals surface area contributed by atoms with Crippen LogP contribution in [0.25, 0.3) is 0 Å². The van der Waals surface area contributed by atoms with Crippen LogP contribution in [-0.4, -0.2) is 67.0 Å². The Labute approximate surface area is 147 Å². The molecule has 0 aliphatic carbocycles. The topological polar surface area (TPSA) is 74.0 Å². The zero-order valence-corrected chi connectivity index (χ0v) is 14.5. The number of oxazole rings is 1. The number of hydrogen-bond donors (Lipinski definition) is 0. The molecule has 0 N–H and O–H groups in total. The SMILES string of the molecule is O=C(c1cocn1)N1CCC2(CC1)C[C@@H](OCC1CCOCC1)CO2. The van der Waals surface area contributed by atoms with Crippen LogP contribution in [0.15, 0.2) is 17.1 Å². The summed E-state index contributed by atoms with van der Waals surface area (Å²) in [6.45, 7) is 4.57. The lowest BCUT2D eigenvalue weighted by Crippen LogP contribution is -2.46. The largest absolute Gasteiger partial charge is 0.451 e. The molecule has 0 bridgehead atoms. The van der Waals surface area contributed by atoms with E-state index in [1.54, 1.807) is 0 Å². The van der Waals surface area contributed by atoms with Crippen molar-refractivity contribution in [3.8, 4) is 0 Å². The van der Waals surface area contributed by atoms with Gasteiger partial charge in [0.15, 0.2) is 12.1 Å². The van der Waals surface area contributed by atoms with Crippen LogP contribution in [0, 0.1) is 5.92 Å². The van der Waals surface area contributed by atoms with Crippen LogP contribution in [0.5, 0.6) is 0 Å². The average molecular weight is 350 g/mol. The minimum absolute atomic E-state index is 0.0612. The molecule has 1 amide bonds. The highest BCUT2D eigenvalue weighted by molar-refractivity contribution is 5.91. The van der Waals surface area contributed by atoms with E-state index in [0.717, 1.165) is 51.9 Å². The third kappa shape index (κ3) is 3.88. The lowest BCUT2D eigenvalue weighted by atomic mass is 9.88. The fourth-order valence-electron chi connectivity index (χ4n) is 4.04. The lowest BCUT2D eigenvalue weighted by molar-refractivity contribution is -0.0428. The van der Waals surface area contributed by atoms with Gasteiger partial charge in [-0.05, 0) is 31.6 Å². The van der Waals surface area contributed by atoms with Crippen molar-refractivity contribution in [2.75, 3.05) is 39.5 Å². The Balaban J connectivity index is 1.24. The molecular weight excluding hydrogens is 324 g/mol. The van der Waals surface area contributed by atoms with Crippen molar-refractivity contribution in [1.82, 2.24) is 9.88 Å². The van der Waals surface area contributed by atoms with Gasteiger partial charge < -0.3 is 23.5 Å². The van der Waals surface area contributed by atoms with Gasteiger partial charge in [0.05, 0.1) is 24.9 Å². The van der Waals surface area contributed by atoms with Crippen LogP contribution < -0.4 is 0 Å². The van der Waals surface area contributed by atoms with E-state index in [0.29, 0.717) is 31.3 Å². The van der Waals surface area contributed by atoms with Gasteiger partial charge in [-0.1, -0.05) is 0 Å². The third-order valence-electron chi connectivity index (χ3n) is 5.70. The molecule has 3 saturated heterocycles. The van der Waals surface area contributed by atoms with E-state index in [1.165, 1.54) is 12.7 Å². The number of nitrogens with zero attached hydrogens (tertiary/aromatic N) is 2. The first-order valence-corrected chi connectivity index (χ1v) is 9.25. The first kappa shape index (κ1) is 17.0.